The van der Waals surface area contributed by atoms with Gasteiger partial charge in [-0.3, -0.25) is 14.9 Å². The number of hydrogen-bond acceptors (Lipinski definition) is 6. The Kier molecular flexibility index (Phi) is 7.01. The van der Waals surface area contributed by atoms with Crippen LogP contribution in [-0.4, -0.2) is 35.1 Å². The maximum absolute atomic E-state index is 12.6. The standard InChI is InChI=1S/C21H23N5O5S/c1-15(2)24-32(30,31)14-17-7-4-3-6-16(17)13-22-21(27)20-10-11-25(23-20)18-8-5-9-19(12-18)26(28)29/h3-12,15,24H,13-14H2,1-2H3,(H,22,27). The fraction of sp³-hybridized carbons (Fsp3) is 0.238. The first-order valence-corrected chi connectivity index (χ1v) is 11.5. The van der Waals surface area contributed by atoms with Crippen molar-refractivity contribution in [1.29, 1.82) is 0 Å². The summed E-state index contributed by atoms with van der Waals surface area (Å²) in [6.07, 6.45) is 1.53. The average molecular weight is 458 g/mol. The van der Waals surface area contributed by atoms with Crippen molar-refractivity contribution in [3.63, 3.8) is 0 Å². The summed E-state index contributed by atoms with van der Waals surface area (Å²) in [6, 6.07) is 14.2. The molecule has 0 unspecified atom stereocenters. The predicted octanol–water partition coefficient (Wildman–Crippen LogP) is 2.54. The molecule has 32 heavy (non-hydrogen) atoms. The highest BCUT2D eigenvalue weighted by atomic mass is 32.2. The van der Waals surface area contributed by atoms with Crippen molar-refractivity contribution in [1.82, 2.24) is 19.8 Å². The average Bonchev–Trinajstić information content (AvgIpc) is 3.22. The summed E-state index contributed by atoms with van der Waals surface area (Å²) >= 11 is 0. The van der Waals surface area contributed by atoms with Crippen molar-refractivity contribution in [3.8, 4) is 5.69 Å². The Morgan fingerprint density at radius 1 is 1.12 bits per heavy atom. The van der Waals surface area contributed by atoms with E-state index in [1.54, 1.807) is 44.2 Å². The fourth-order valence-corrected chi connectivity index (χ4v) is 4.57. The number of rotatable bonds is 9. The molecule has 0 aliphatic rings. The first kappa shape index (κ1) is 23.1. The van der Waals surface area contributed by atoms with Crippen LogP contribution in [0.2, 0.25) is 0 Å². The molecule has 0 bridgehead atoms. The number of aromatic nitrogens is 2. The van der Waals surface area contributed by atoms with Gasteiger partial charge in [0.05, 0.1) is 16.4 Å². The summed E-state index contributed by atoms with van der Waals surface area (Å²) in [5, 5.41) is 17.9. The second kappa shape index (κ2) is 9.71. The smallest absolute Gasteiger partial charge is 0.272 e. The van der Waals surface area contributed by atoms with Crippen molar-refractivity contribution in [2.75, 3.05) is 0 Å². The van der Waals surface area contributed by atoms with Gasteiger partial charge in [-0.25, -0.2) is 17.8 Å². The van der Waals surface area contributed by atoms with Crippen LogP contribution in [-0.2, 0) is 22.3 Å². The molecule has 1 aromatic heterocycles. The molecule has 1 heterocycles. The van der Waals surface area contributed by atoms with Gasteiger partial charge in [0, 0.05) is 30.9 Å². The van der Waals surface area contributed by atoms with Gasteiger partial charge in [-0.2, -0.15) is 5.10 Å². The highest BCUT2D eigenvalue weighted by Gasteiger charge is 2.17. The minimum atomic E-state index is -3.51. The third kappa shape index (κ3) is 5.99. The lowest BCUT2D eigenvalue weighted by Crippen LogP contribution is -2.32. The second-order valence-electron chi connectivity index (χ2n) is 7.41. The lowest BCUT2D eigenvalue weighted by atomic mass is 10.1. The summed E-state index contributed by atoms with van der Waals surface area (Å²) in [7, 11) is -3.51. The van der Waals surface area contributed by atoms with E-state index in [0.29, 0.717) is 16.8 Å². The van der Waals surface area contributed by atoms with Crippen LogP contribution < -0.4 is 10.0 Å². The number of nitro groups is 1. The molecule has 0 fully saturated rings. The zero-order chi connectivity index (χ0) is 23.3. The van der Waals surface area contributed by atoms with Crippen LogP contribution in [0.3, 0.4) is 0 Å². The van der Waals surface area contributed by atoms with Crippen molar-refractivity contribution in [2.45, 2.75) is 32.2 Å². The second-order valence-corrected chi connectivity index (χ2v) is 9.16. The van der Waals surface area contributed by atoms with E-state index < -0.39 is 20.9 Å². The summed E-state index contributed by atoms with van der Waals surface area (Å²) in [5.74, 6) is -0.648. The molecule has 0 aliphatic carbocycles. The van der Waals surface area contributed by atoms with E-state index in [1.807, 2.05) is 0 Å². The summed E-state index contributed by atoms with van der Waals surface area (Å²) < 4.78 is 28.5. The monoisotopic (exact) mass is 457 g/mol. The molecule has 0 aliphatic heterocycles. The van der Waals surface area contributed by atoms with Gasteiger partial charge in [-0.15, -0.1) is 0 Å². The zero-order valence-electron chi connectivity index (χ0n) is 17.6. The minimum Gasteiger partial charge on any atom is -0.347 e. The van der Waals surface area contributed by atoms with Gasteiger partial charge >= 0.3 is 0 Å². The number of sulfonamides is 1. The predicted molar refractivity (Wildman–Crippen MR) is 119 cm³/mol. The largest absolute Gasteiger partial charge is 0.347 e. The van der Waals surface area contributed by atoms with E-state index in [0.717, 1.165) is 0 Å². The van der Waals surface area contributed by atoms with Gasteiger partial charge in [-0.1, -0.05) is 30.3 Å². The van der Waals surface area contributed by atoms with Gasteiger partial charge in [0.2, 0.25) is 10.0 Å². The Balaban J connectivity index is 1.70. The summed E-state index contributed by atoms with van der Waals surface area (Å²) in [4.78, 5) is 23.0. The molecule has 168 valence electrons. The van der Waals surface area contributed by atoms with Crippen LogP contribution in [0.25, 0.3) is 5.69 Å². The number of carbonyl (C=O) groups excluding carboxylic acids is 1. The third-order valence-corrected chi connectivity index (χ3v) is 5.97. The highest BCUT2D eigenvalue weighted by molar-refractivity contribution is 7.88. The number of benzene rings is 2. The van der Waals surface area contributed by atoms with E-state index in [-0.39, 0.29) is 29.7 Å². The van der Waals surface area contributed by atoms with Crippen molar-refractivity contribution in [3.05, 3.63) is 87.7 Å². The van der Waals surface area contributed by atoms with Crippen molar-refractivity contribution in [2.24, 2.45) is 0 Å². The minimum absolute atomic E-state index is 0.0810. The number of non-ortho nitro benzene ring substituents is 1. The van der Waals surface area contributed by atoms with Crippen LogP contribution in [0.1, 0.15) is 35.5 Å². The molecule has 3 rings (SSSR count). The number of nitrogens with one attached hydrogen (secondary N) is 2. The van der Waals surface area contributed by atoms with Crippen LogP contribution in [0.15, 0.2) is 60.8 Å². The van der Waals surface area contributed by atoms with Gasteiger partial charge in [-0.05, 0) is 37.1 Å². The molecule has 0 radical (unpaired) electrons. The molecular formula is C21H23N5O5S. The Labute approximate surface area is 185 Å². The molecule has 11 heteroatoms. The zero-order valence-corrected chi connectivity index (χ0v) is 18.4. The lowest BCUT2D eigenvalue weighted by molar-refractivity contribution is -0.384. The number of carbonyl (C=O) groups is 1. The first-order chi connectivity index (χ1) is 15.1. The molecule has 10 nitrogen and oxygen atoms in total. The van der Waals surface area contributed by atoms with E-state index in [9.17, 15) is 23.3 Å². The lowest BCUT2D eigenvalue weighted by Gasteiger charge is -2.13. The summed E-state index contributed by atoms with van der Waals surface area (Å²) in [6.45, 7) is 3.61. The molecule has 2 N–H and O–H groups in total. The van der Waals surface area contributed by atoms with E-state index in [1.165, 1.54) is 35.1 Å². The van der Waals surface area contributed by atoms with Gasteiger partial charge < -0.3 is 5.32 Å². The van der Waals surface area contributed by atoms with Crippen LogP contribution in [0, 0.1) is 10.1 Å². The maximum atomic E-state index is 12.6. The molecule has 0 saturated carbocycles. The Hall–Kier alpha value is -3.57. The highest BCUT2D eigenvalue weighted by Crippen LogP contribution is 2.17. The van der Waals surface area contributed by atoms with Gasteiger partial charge in [0.1, 0.15) is 0 Å². The van der Waals surface area contributed by atoms with Crippen LogP contribution >= 0.6 is 0 Å². The van der Waals surface area contributed by atoms with Crippen molar-refractivity contribution >= 4 is 21.6 Å². The molecule has 3 aromatic rings. The number of amides is 1. The van der Waals surface area contributed by atoms with Gasteiger partial charge in [0.25, 0.3) is 11.6 Å². The SMILES string of the molecule is CC(C)NS(=O)(=O)Cc1ccccc1CNC(=O)c1ccn(-c2cccc([N+](=O)[O-])c2)n1. The first-order valence-electron chi connectivity index (χ1n) is 9.80. The topological polar surface area (TPSA) is 136 Å². The fourth-order valence-electron chi connectivity index (χ4n) is 3.08. The molecule has 1 amide bonds. The maximum Gasteiger partial charge on any atom is 0.272 e. The molecular weight excluding hydrogens is 434 g/mol. The molecule has 2 aromatic carbocycles. The normalized spacial score (nSPS) is 11.5. The van der Waals surface area contributed by atoms with Crippen molar-refractivity contribution < 1.29 is 18.1 Å². The number of nitro benzene ring substituents is 1. The summed E-state index contributed by atoms with van der Waals surface area (Å²) in [5.41, 5.74) is 1.76. The van der Waals surface area contributed by atoms with Crippen LogP contribution in [0.5, 0.6) is 0 Å². The molecule has 0 spiro atoms. The van der Waals surface area contributed by atoms with E-state index in [2.05, 4.69) is 15.1 Å². The Morgan fingerprint density at radius 2 is 1.84 bits per heavy atom. The molecule has 0 atom stereocenters. The van der Waals surface area contributed by atoms with E-state index >= 15 is 0 Å². The molecule has 0 saturated heterocycles. The van der Waals surface area contributed by atoms with Gasteiger partial charge in [0.15, 0.2) is 5.69 Å². The van der Waals surface area contributed by atoms with Crippen LogP contribution in [0.4, 0.5) is 5.69 Å². The quantitative estimate of drug-likeness (QED) is 0.374. The Bertz CT molecular complexity index is 1240. The third-order valence-electron chi connectivity index (χ3n) is 4.45. The number of nitrogens with zero attached hydrogens (tertiary/aromatic N) is 3. The van der Waals surface area contributed by atoms with E-state index in [4.69, 9.17) is 0 Å². The number of hydrogen-bond donors (Lipinski definition) is 2. The Morgan fingerprint density at radius 3 is 2.53 bits per heavy atom.